The quantitative estimate of drug-likeness (QED) is 0.688. The van der Waals surface area contributed by atoms with Crippen molar-refractivity contribution in [3.8, 4) is 0 Å². The van der Waals surface area contributed by atoms with E-state index in [0.29, 0.717) is 0 Å². The highest BCUT2D eigenvalue weighted by molar-refractivity contribution is 7.85. The number of hydrogen-bond acceptors (Lipinski definition) is 4. The number of carboxylic acids is 1. The maximum absolute atomic E-state index is 10.9. The lowest BCUT2D eigenvalue weighted by Gasteiger charge is -2.09. The number of amides is 1. The third-order valence-electron chi connectivity index (χ3n) is 2.03. The average molecular weight is 273 g/mol. The fraction of sp³-hybridized carbons (Fsp3) is 0.200. The van der Waals surface area contributed by atoms with E-state index < -0.39 is 33.3 Å². The van der Waals surface area contributed by atoms with E-state index in [1.807, 2.05) is 0 Å². The van der Waals surface area contributed by atoms with E-state index in [9.17, 15) is 18.0 Å². The molecule has 0 aromatic heterocycles. The Balaban J connectivity index is 3.28. The first kappa shape index (κ1) is 14.1. The smallest absolute Gasteiger partial charge is 0.307 e. The molecule has 98 valence electrons. The van der Waals surface area contributed by atoms with Crippen molar-refractivity contribution in [3.05, 3.63) is 23.8 Å². The summed E-state index contributed by atoms with van der Waals surface area (Å²) in [7, 11) is -4.41. The van der Waals surface area contributed by atoms with Crippen LogP contribution in [0.2, 0.25) is 0 Å². The Hall–Kier alpha value is -1.93. The van der Waals surface area contributed by atoms with Crippen molar-refractivity contribution in [1.82, 2.24) is 0 Å². The second-order valence-corrected chi connectivity index (χ2v) is 4.97. The lowest BCUT2D eigenvalue weighted by Crippen LogP contribution is -2.11. The molecule has 0 heterocycles. The molecular formula is C10H11NO6S. The van der Waals surface area contributed by atoms with Crippen molar-refractivity contribution in [3.63, 3.8) is 0 Å². The van der Waals surface area contributed by atoms with Gasteiger partial charge in [0.15, 0.2) is 0 Å². The van der Waals surface area contributed by atoms with Crippen LogP contribution in [-0.2, 0) is 26.1 Å². The molecule has 1 aromatic carbocycles. The molecule has 0 saturated carbocycles. The Morgan fingerprint density at radius 3 is 2.39 bits per heavy atom. The molecular weight excluding hydrogens is 262 g/mol. The van der Waals surface area contributed by atoms with Gasteiger partial charge in [0.1, 0.15) is 0 Å². The molecule has 0 aliphatic heterocycles. The number of anilines is 1. The van der Waals surface area contributed by atoms with E-state index in [0.717, 1.165) is 12.1 Å². The molecule has 3 N–H and O–H groups in total. The van der Waals surface area contributed by atoms with Crippen LogP contribution < -0.4 is 5.32 Å². The fourth-order valence-electron chi connectivity index (χ4n) is 1.35. The predicted molar refractivity (Wildman–Crippen MR) is 61.9 cm³/mol. The third kappa shape index (κ3) is 3.82. The van der Waals surface area contributed by atoms with Crippen molar-refractivity contribution in [2.45, 2.75) is 18.2 Å². The van der Waals surface area contributed by atoms with Crippen LogP contribution in [0.3, 0.4) is 0 Å². The van der Waals surface area contributed by atoms with Crippen molar-refractivity contribution < 1.29 is 27.7 Å². The van der Waals surface area contributed by atoms with E-state index in [2.05, 4.69) is 5.32 Å². The zero-order valence-electron chi connectivity index (χ0n) is 9.37. The van der Waals surface area contributed by atoms with Gasteiger partial charge >= 0.3 is 5.97 Å². The van der Waals surface area contributed by atoms with Crippen LogP contribution in [0, 0.1) is 0 Å². The molecule has 8 heteroatoms. The standard InChI is InChI=1S/C10H11NO6S/c1-6(12)11-9-3-2-8(18(15,16)17)4-7(9)5-10(13)14/h2-4H,5H2,1H3,(H,11,12)(H,13,14)(H,15,16,17). The molecule has 0 atom stereocenters. The number of hydrogen-bond donors (Lipinski definition) is 3. The van der Waals surface area contributed by atoms with Gasteiger partial charge < -0.3 is 10.4 Å². The summed E-state index contributed by atoms with van der Waals surface area (Å²) in [5.74, 6) is -1.60. The highest BCUT2D eigenvalue weighted by atomic mass is 32.2. The van der Waals surface area contributed by atoms with Gasteiger partial charge in [-0.05, 0) is 23.8 Å². The van der Waals surface area contributed by atoms with E-state index in [-0.39, 0.29) is 11.3 Å². The van der Waals surface area contributed by atoms with E-state index in [1.165, 1.54) is 13.0 Å². The highest BCUT2D eigenvalue weighted by Crippen LogP contribution is 2.21. The molecule has 7 nitrogen and oxygen atoms in total. The summed E-state index contributed by atoms with van der Waals surface area (Å²) < 4.78 is 30.7. The van der Waals surface area contributed by atoms with Crippen LogP contribution in [0.1, 0.15) is 12.5 Å². The number of carbonyl (C=O) groups is 2. The summed E-state index contributed by atoms with van der Waals surface area (Å²) in [5, 5.41) is 11.1. The lowest BCUT2D eigenvalue weighted by molar-refractivity contribution is -0.136. The van der Waals surface area contributed by atoms with Gasteiger partial charge in [-0.15, -0.1) is 0 Å². The van der Waals surface area contributed by atoms with Crippen molar-refractivity contribution in [2.24, 2.45) is 0 Å². The van der Waals surface area contributed by atoms with Gasteiger partial charge in [0, 0.05) is 12.6 Å². The molecule has 0 aliphatic rings. The minimum absolute atomic E-state index is 0.0906. The molecule has 18 heavy (non-hydrogen) atoms. The number of nitrogens with one attached hydrogen (secondary N) is 1. The van der Waals surface area contributed by atoms with Crippen molar-refractivity contribution >= 4 is 27.7 Å². The summed E-state index contributed by atoms with van der Waals surface area (Å²) in [6, 6.07) is 3.31. The Kier molecular flexibility index (Phi) is 4.04. The normalized spacial score (nSPS) is 11.0. The molecule has 0 saturated heterocycles. The number of rotatable bonds is 4. The largest absolute Gasteiger partial charge is 0.481 e. The molecule has 0 spiro atoms. The number of carbonyl (C=O) groups excluding carboxylic acids is 1. The van der Waals surface area contributed by atoms with E-state index in [1.54, 1.807) is 0 Å². The topological polar surface area (TPSA) is 121 Å². The van der Waals surface area contributed by atoms with Gasteiger partial charge in [0.2, 0.25) is 5.91 Å². The van der Waals surface area contributed by atoms with Gasteiger partial charge in [-0.2, -0.15) is 8.42 Å². The maximum Gasteiger partial charge on any atom is 0.307 e. The molecule has 1 rings (SSSR count). The maximum atomic E-state index is 10.9. The first-order chi connectivity index (χ1) is 8.20. The van der Waals surface area contributed by atoms with Gasteiger partial charge in [0.05, 0.1) is 11.3 Å². The number of carboxylic acid groups (broad SMARTS) is 1. The second kappa shape index (κ2) is 5.15. The summed E-state index contributed by atoms with van der Waals surface area (Å²) in [6.45, 7) is 1.24. The minimum Gasteiger partial charge on any atom is -0.481 e. The van der Waals surface area contributed by atoms with Gasteiger partial charge in [-0.3, -0.25) is 14.1 Å². The van der Waals surface area contributed by atoms with Crippen LogP contribution >= 0.6 is 0 Å². The first-order valence-electron chi connectivity index (χ1n) is 4.80. The summed E-state index contributed by atoms with van der Waals surface area (Å²) in [6.07, 6.45) is -0.473. The number of aliphatic carboxylic acids is 1. The highest BCUT2D eigenvalue weighted by Gasteiger charge is 2.15. The van der Waals surface area contributed by atoms with Crippen molar-refractivity contribution in [1.29, 1.82) is 0 Å². The van der Waals surface area contributed by atoms with E-state index in [4.69, 9.17) is 9.66 Å². The Morgan fingerprint density at radius 2 is 1.94 bits per heavy atom. The zero-order chi connectivity index (χ0) is 13.9. The summed E-state index contributed by atoms with van der Waals surface area (Å²) >= 11 is 0. The predicted octanol–water partition coefficient (Wildman–Crippen LogP) is 0.519. The minimum atomic E-state index is -4.41. The lowest BCUT2D eigenvalue weighted by atomic mass is 10.1. The average Bonchev–Trinajstić information content (AvgIpc) is 2.17. The first-order valence-corrected chi connectivity index (χ1v) is 6.24. The Morgan fingerprint density at radius 1 is 1.33 bits per heavy atom. The van der Waals surface area contributed by atoms with Crippen LogP contribution in [-0.4, -0.2) is 30.0 Å². The number of benzene rings is 1. The summed E-state index contributed by atoms with van der Waals surface area (Å²) in [5.41, 5.74) is 0.283. The molecule has 0 bridgehead atoms. The zero-order valence-corrected chi connectivity index (χ0v) is 10.2. The molecule has 0 unspecified atom stereocenters. The third-order valence-corrected chi connectivity index (χ3v) is 2.88. The van der Waals surface area contributed by atoms with E-state index >= 15 is 0 Å². The molecule has 0 radical (unpaired) electrons. The second-order valence-electron chi connectivity index (χ2n) is 3.55. The van der Waals surface area contributed by atoms with Gasteiger partial charge in [-0.25, -0.2) is 0 Å². The SMILES string of the molecule is CC(=O)Nc1ccc(S(=O)(=O)O)cc1CC(=O)O. The molecule has 0 fully saturated rings. The van der Waals surface area contributed by atoms with Crippen LogP contribution in [0.4, 0.5) is 5.69 Å². The van der Waals surface area contributed by atoms with Crippen LogP contribution in [0.15, 0.2) is 23.1 Å². The summed E-state index contributed by atoms with van der Waals surface area (Å²) in [4.78, 5) is 21.1. The van der Waals surface area contributed by atoms with Crippen molar-refractivity contribution in [2.75, 3.05) is 5.32 Å². The van der Waals surface area contributed by atoms with Crippen LogP contribution in [0.25, 0.3) is 0 Å². The Labute approximate surface area is 103 Å². The molecule has 0 aliphatic carbocycles. The Bertz CT molecular complexity index is 592. The monoisotopic (exact) mass is 273 g/mol. The van der Waals surface area contributed by atoms with Gasteiger partial charge in [-0.1, -0.05) is 0 Å². The van der Waals surface area contributed by atoms with Gasteiger partial charge in [0.25, 0.3) is 10.1 Å². The molecule has 1 aromatic rings. The molecule has 1 amide bonds. The van der Waals surface area contributed by atoms with Crippen LogP contribution in [0.5, 0.6) is 0 Å². The fourth-order valence-corrected chi connectivity index (χ4v) is 1.88.